The monoisotopic (exact) mass is 544 g/mol. The van der Waals surface area contributed by atoms with E-state index in [0.717, 1.165) is 34.5 Å². The number of rotatable bonds is 15. The topological polar surface area (TPSA) is 182 Å². The van der Waals surface area contributed by atoms with Crippen LogP contribution in [-0.4, -0.2) is 66.2 Å². The third-order valence-corrected chi connectivity index (χ3v) is 6.37. The molecule has 0 bridgehead atoms. The fourth-order valence-corrected chi connectivity index (χ4v) is 4.03. The highest BCUT2D eigenvalue weighted by Gasteiger charge is 2.25. The molecule has 39 heavy (non-hydrogen) atoms. The summed E-state index contributed by atoms with van der Waals surface area (Å²) in [5, 5.41) is 19.0. The number of hydrogen-bond acceptors (Lipinski definition) is 8. The largest absolute Gasteiger partial charge is 0.497 e. The first-order valence-electron chi connectivity index (χ1n) is 13.4. The van der Waals surface area contributed by atoms with Gasteiger partial charge in [-0.05, 0) is 51.3 Å². The van der Waals surface area contributed by atoms with Crippen molar-refractivity contribution in [3.63, 3.8) is 0 Å². The van der Waals surface area contributed by atoms with Crippen LogP contribution >= 0.6 is 0 Å². The highest BCUT2D eigenvalue weighted by atomic mass is 16.5. The van der Waals surface area contributed by atoms with Crippen molar-refractivity contribution in [3.05, 3.63) is 30.0 Å². The van der Waals surface area contributed by atoms with E-state index in [1.54, 1.807) is 7.11 Å². The standard InChI is InChI=1S/C28H44N6O5/c1-17(32-21-15-19(39-5)14-18-10-11-23(28(2,3)4)34-25(18)21)8-7-13-31-24(35)16-22(27(37)38)33-26(36)20(30)9-6-12-29/h10-11,14-15,17,20,22,32H,6-9,12-13,16,29-30H2,1-5H3,(H,31,35)(H,33,36)(H,37,38)/t17?,20-,22+/m1/s1. The average molecular weight is 545 g/mol. The molecular formula is C28H44N6O5. The molecule has 0 saturated carbocycles. The van der Waals surface area contributed by atoms with Crippen LogP contribution in [0.5, 0.6) is 5.75 Å². The smallest absolute Gasteiger partial charge is 0.326 e. The Balaban J connectivity index is 1.91. The number of nitrogens with one attached hydrogen (secondary N) is 3. The summed E-state index contributed by atoms with van der Waals surface area (Å²) >= 11 is 0. The van der Waals surface area contributed by atoms with Gasteiger partial charge in [-0.25, -0.2) is 4.79 Å². The quantitative estimate of drug-likeness (QED) is 0.183. The Morgan fingerprint density at radius 1 is 1.13 bits per heavy atom. The summed E-state index contributed by atoms with van der Waals surface area (Å²) in [5.41, 5.74) is 13.8. The molecule has 0 spiro atoms. The molecule has 1 unspecified atom stereocenters. The molecule has 1 aromatic carbocycles. The Labute approximate surface area is 230 Å². The molecule has 8 N–H and O–H groups in total. The van der Waals surface area contributed by atoms with Crippen molar-refractivity contribution in [1.82, 2.24) is 15.6 Å². The van der Waals surface area contributed by atoms with E-state index < -0.39 is 29.9 Å². The van der Waals surface area contributed by atoms with Crippen molar-refractivity contribution in [2.75, 3.05) is 25.5 Å². The van der Waals surface area contributed by atoms with E-state index in [9.17, 15) is 19.5 Å². The van der Waals surface area contributed by atoms with Gasteiger partial charge in [0.1, 0.15) is 11.8 Å². The number of methoxy groups -OCH3 is 1. The molecule has 0 aliphatic rings. The zero-order chi connectivity index (χ0) is 29.2. The Hall–Kier alpha value is -3.44. The van der Waals surface area contributed by atoms with E-state index in [4.69, 9.17) is 21.2 Å². The molecule has 0 saturated heterocycles. The van der Waals surface area contributed by atoms with Crippen molar-refractivity contribution >= 4 is 34.4 Å². The molecule has 216 valence electrons. The summed E-state index contributed by atoms with van der Waals surface area (Å²) < 4.78 is 5.47. The summed E-state index contributed by atoms with van der Waals surface area (Å²) in [6.45, 7) is 9.17. The number of benzene rings is 1. The van der Waals surface area contributed by atoms with Crippen LogP contribution < -0.4 is 32.2 Å². The number of amides is 2. The Bertz CT molecular complexity index is 1130. The van der Waals surface area contributed by atoms with E-state index in [2.05, 4.69) is 42.8 Å². The van der Waals surface area contributed by atoms with Gasteiger partial charge in [-0.15, -0.1) is 0 Å². The molecule has 11 nitrogen and oxygen atoms in total. The number of ether oxygens (including phenoxy) is 1. The Morgan fingerprint density at radius 3 is 2.46 bits per heavy atom. The van der Waals surface area contributed by atoms with Gasteiger partial charge in [0.15, 0.2) is 0 Å². The van der Waals surface area contributed by atoms with Gasteiger partial charge in [0.2, 0.25) is 11.8 Å². The normalized spacial score (nSPS) is 13.8. The van der Waals surface area contributed by atoms with Crippen LogP contribution in [0.1, 0.15) is 65.5 Å². The lowest BCUT2D eigenvalue weighted by Gasteiger charge is -2.21. The first-order valence-corrected chi connectivity index (χ1v) is 13.4. The van der Waals surface area contributed by atoms with Crippen molar-refractivity contribution < 1.29 is 24.2 Å². The van der Waals surface area contributed by atoms with Crippen molar-refractivity contribution in [2.24, 2.45) is 11.5 Å². The highest BCUT2D eigenvalue weighted by Crippen LogP contribution is 2.31. The number of carboxylic acids is 1. The number of nitrogens with zero attached hydrogens (tertiary/aromatic N) is 1. The molecule has 0 fully saturated rings. The predicted octanol–water partition coefficient (Wildman–Crippen LogP) is 2.26. The van der Waals surface area contributed by atoms with Crippen LogP contribution in [0.3, 0.4) is 0 Å². The van der Waals surface area contributed by atoms with Gasteiger partial charge in [0.05, 0.1) is 30.8 Å². The average Bonchev–Trinajstić information content (AvgIpc) is 2.88. The van der Waals surface area contributed by atoms with Crippen molar-refractivity contribution in [1.29, 1.82) is 0 Å². The molecule has 0 aliphatic carbocycles. The third-order valence-electron chi connectivity index (χ3n) is 6.37. The summed E-state index contributed by atoms with van der Waals surface area (Å²) in [7, 11) is 1.63. The van der Waals surface area contributed by atoms with Gasteiger partial charge >= 0.3 is 5.97 Å². The number of hydrogen-bond donors (Lipinski definition) is 6. The lowest BCUT2D eigenvalue weighted by atomic mass is 9.91. The second kappa shape index (κ2) is 14.6. The summed E-state index contributed by atoms with van der Waals surface area (Å²) in [6, 6.07) is 5.83. The van der Waals surface area contributed by atoms with Gasteiger partial charge in [0.25, 0.3) is 0 Å². The van der Waals surface area contributed by atoms with E-state index in [1.165, 1.54) is 0 Å². The van der Waals surface area contributed by atoms with Crippen LogP contribution in [0.25, 0.3) is 10.9 Å². The van der Waals surface area contributed by atoms with Crippen LogP contribution in [0.2, 0.25) is 0 Å². The van der Waals surface area contributed by atoms with Crippen LogP contribution in [0.4, 0.5) is 5.69 Å². The molecule has 1 aromatic heterocycles. The van der Waals surface area contributed by atoms with Gasteiger partial charge in [0, 0.05) is 35.1 Å². The number of nitrogens with two attached hydrogens (primary N) is 2. The van der Waals surface area contributed by atoms with E-state index in [-0.39, 0.29) is 17.9 Å². The Morgan fingerprint density at radius 2 is 1.85 bits per heavy atom. The predicted molar refractivity (Wildman–Crippen MR) is 153 cm³/mol. The first kappa shape index (κ1) is 31.8. The number of aromatic nitrogens is 1. The number of carbonyl (C=O) groups excluding carboxylic acids is 2. The zero-order valence-electron chi connectivity index (χ0n) is 23.7. The fourth-order valence-electron chi connectivity index (χ4n) is 4.03. The molecule has 2 rings (SSSR count). The first-order chi connectivity index (χ1) is 18.3. The highest BCUT2D eigenvalue weighted by molar-refractivity contribution is 5.92. The molecule has 1 heterocycles. The minimum atomic E-state index is -1.35. The molecule has 2 aromatic rings. The number of carboxylic acid groups (broad SMARTS) is 1. The summed E-state index contributed by atoms with van der Waals surface area (Å²) in [5.74, 6) is -1.64. The molecule has 11 heteroatoms. The Kier molecular flexibility index (Phi) is 11.9. The maximum absolute atomic E-state index is 12.3. The number of pyridine rings is 1. The van der Waals surface area contributed by atoms with Crippen molar-refractivity contribution in [2.45, 2.75) is 83.3 Å². The molecular weight excluding hydrogens is 500 g/mol. The van der Waals surface area contributed by atoms with Crippen LogP contribution in [0, 0.1) is 0 Å². The molecule has 0 aliphatic heterocycles. The van der Waals surface area contributed by atoms with E-state index >= 15 is 0 Å². The summed E-state index contributed by atoms with van der Waals surface area (Å²) in [4.78, 5) is 40.9. The minimum absolute atomic E-state index is 0.0679. The summed E-state index contributed by atoms with van der Waals surface area (Å²) in [6.07, 6.45) is 1.91. The second-order valence-corrected chi connectivity index (χ2v) is 10.9. The minimum Gasteiger partial charge on any atom is -0.497 e. The number of anilines is 1. The number of fused-ring (bicyclic) bond motifs is 1. The molecule has 0 radical (unpaired) electrons. The van der Waals surface area contributed by atoms with Crippen LogP contribution in [0.15, 0.2) is 24.3 Å². The van der Waals surface area contributed by atoms with Gasteiger partial charge < -0.3 is 37.3 Å². The number of aliphatic carboxylic acids is 1. The lowest BCUT2D eigenvalue weighted by Crippen LogP contribution is -2.50. The van der Waals surface area contributed by atoms with Gasteiger partial charge in [-0.1, -0.05) is 26.8 Å². The maximum Gasteiger partial charge on any atom is 0.326 e. The second-order valence-electron chi connectivity index (χ2n) is 10.9. The van der Waals surface area contributed by atoms with E-state index in [1.807, 2.05) is 25.1 Å². The number of carbonyl (C=O) groups is 3. The molecule has 3 atom stereocenters. The van der Waals surface area contributed by atoms with Crippen LogP contribution in [-0.2, 0) is 19.8 Å². The van der Waals surface area contributed by atoms with Crippen molar-refractivity contribution in [3.8, 4) is 5.75 Å². The van der Waals surface area contributed by atoms with E-state index in [0.29, 0.717) is 32.4 Å². The zero-order valence-corrected chi connectivity index (χ0v) is 23.7. The SMILES string of the molecule is COc1cc(NC(C)CCCNC(=O)C[C@H](NC(=O)[C@H](N)CCCN)C(=O)O)c2nc(C(C)(C)C)ccc2c1. The molecule has 2 amide bonds. The third kappa shape index (κ3) is 9.99. The maximum atomic E-state index is 12.3. The van der Waals surface area contributed by atoms with Gasteiger partial charge in [-0.2, -0.15) is 0 Å². The van der Waals surface area contributed by atoms with Gasteiger partial charge in [-0.3, -0.25) is 14.6 Å². The fraction of sp³-hybridized carbons (Fsp3) is 0.571. The lowest BCUT2D eigenvalue weighted by molar-refractivity contribution is -0.143.